The molecule has 1 aliphatic heterocycles. The Hall–Kier alpha value is -2.75. The fourth-order valence-electron chi connectivity index (χ4n) is 2.70. The van der Waals surface area contributed by atoms with Crippen molar-refractivity contribution in [3.8, 4) is 17.2 Å². The number of thiocarbonyl (C=S) groups is 1. The zero-order valence-electron chi connectivity index (χ0n) is 16.2. The van der Waals surface area contributed by atoms with E-state index in [1.54, 1.807) is 36.4 Å². The minimum absolute atomic E-state index is 0.203. The molecule has 2 aromatic carbocycles. The summed E-state index contributed by atoms with van der Waals surface area (Å²) in [6.07, 6.45) is 1.63. The number of carbonyl (C=O) groups excluding carboxylic acids is 2. The van der Waals surface area contributed by atoms with Crippen LogP contribution in [0.4, 0.5) is 0 Å². The lowest BCUT2D eigenvalue weighted by molar-refractivity contribution is -0.123. The average Bonchev–Trinajstić information content (AvgIpc) is 3.00. The third kappa shape index (κ3) is 4.53. The van der Waals surface area contributed by atoms with E-state index < -0.39 is 11.8 Å². The van der Waals surface area contributed by atoms with Gasteiger partial charge in [-0.1, -0.05) is 29.4 Å². The Bertz CT molecular complexity index is 1030. The van der Waals surface area contributed by atoms with E-state index in [-0.39, 0.29) is 4.32 Å². The molecule has 30 heavy (non-hydrogen) atoms. The topological polar surface area (TPSA) is 77.1 Å². The molecule has 1 fully saturated rings. The number of hydrogen-bond acceptors (Lipinski definition) is 7. The Morgan fingerprint density at radius 3 is 2.37 bits per heavy atom. The van der Waals surface area contributed by atoms with Crippen molar-refractivity contribution in [3.63, 3.8) is 0 Å². The van der Waals surface area contributed by atoms with Gasteiger partial charge in [-0.15, -0.1) is 0 Å². The SMILES string of the molecule is COc1cc(/C=C2/SC(=S)N(NC(=O)c3cccc(Cl)c3)C2=O)cc(OC)c1OC. The highest BCUT2D eigenvalue weighted by molar-refractivity contribution is 8.26. The third-order valence-electron chi connectivity index (χ3n) is 4.08. The van der Waals surface area contributed by atoms with E-state index in [2.05, 4.69) is 5.43 Å². The fourth-order valence-corrected chi connectivity index (χ4v) is 4.07. The second kappa shape index (κ2) is 9.38. The lowest BCUT2D eigenvalue weighted by atomic mass is 10.1. The number of methoxy groups -OCH3 is 3. The molecule has 10 heteroatoms. The number of thioether (sulfide) groups is 1. The number of hydrazine groups is 1. The van der Waals surface area contributed by atoms with Crippen LogP contribution in [0.2, 0.25) is 5.02 Å². The zero-order valence-corrected chi connectivity index (χ0v) is 18.6. The van der Waals surface area contributed by atoms with Gasteiger partial charge in [0.1, 0.15) is 0 Å². The molecule has 1 aliphatic rings. The molecular weight excluding hydrogens is 448 g/mol. The average molecular weight is 465 g/mol. The van der Waals surface area contributed by atoms with Crippen molar-refractivity contribution >= 4 is 57.8 Å². The number of nitrogens with one attached hydrogen (secondary N) is 1. The Kier molecular flexibility index (Phi) is 6.86. The molecule has 0 atom stereocenters. The van der Waals surface area contributed by atoms with Crippen LogP contribution in [0, 0.1) is 0 Å². The summed E-state index contributed by atoms with van der Waals surface area (Å²) < 4.78 is 16.2. The van der Waals surface area contributed by atoms with Gasteiger partial charge in [-0.05, 0) is 54.2 Å². The molecule has 0 radical (unpaired) electrons. The standard InChI is InChI=1S/C20H17ClN2O5S2/c1-26-14-7-11(8-15(27-2)17(14)28-3)9-16-19(25)23(20(29)30-16)22-18(24)12-5-4-6-13(21)10-12/h4-10H,1-3H3,(H,22,24)/b16-9+. The van der Waals surface area contributed by atoms with Gasteiger partial charge < -0.3 is 14.2 Å². The van der Waals surface area contributed by atoms with Crippen LogP contribution >= 0.6 is 35.6 Å². The second-order valence-electron chi connectivity index (χ2n) is 5.93. The molecular formula is C20H17ClN2O5S2. The summed E-state index contributed by atoms with van der Waals surface area (Å²) in [7, 11) is 4.52. The number of hydrogen-bond donors (Lipinski definition) is 1. The van der Waals surface area contributed by atoms with E-state index in [4.69, 9.17) is 38.0 Å². The first-order valence-electron chi connectivity index (χ1n) is 8.52. The number of benzene rings is 2. The van der Waals surface area contributed by atoms with Crippen molar-refractivity contribution < 1.29 is 23.8 Å². The van der Waals surface area contributed by atoms with Gasteiger partial charge in [0.25, 0.3) is 11.8 Å². The maximum absolute atomic E-state index is 12.8. The molecule has 7 nitrogen and oxygen atoms in total. The highest BCUT2D eigenvalue weighted by Crippen LogP contribution is 2.40. The van der Waals surface area contributed by atoms with E-state index in [0.717, 1.165) is 16.8 Å². The minimum atomic E-state index is -0.497. The van der Waals surface area contributed by atoms with Gasteiger partial charge >= 0.3 is 0 Å². The van der Waals surface area contributed by atoms with Crippen LogP contribution in [-0.2, 0) is 4.79 Å². The maximum atomic E-state index is 12.8. The van der Waals surface area contributed by atoms with Gasteiger partial charge in [-0.3, -0.25) is 15.0 Å². The molecule has 0 aliphatic carbocycles. The van der Waals surface area contributed by atoms with Crippen molar-refractivity contribution in [1.82, 2.24) is 10.4 Å². The number of nitrogens with zero attached hydrogens (tertiary/aromatic N) is 1. The largest absolute Gasteiger partial charge is 0.493 e. The summed E-state index contributed by atoms with van der Waals surface area (Å²) >= 11 is 12.2. The van der Waals surface area contributed by atoms with Gasteiger partial charge in [-0.2, -0.15) is 5.01 Å². The molecule has 0 spiro atoms. The summed E-state index contributed by atoms with van der Waals surface area (Å²) in [4.78, 5) is 25.6. The van der Waals surface area contributed by atoms with Crippen LogP contribution in [0.1, 0.15) is 15.9 Å². The molecule has 0 saturated carbocycles. The van der Waals surface area contributed by atoms with Crippen molar-refractivity contribution in [2.24, 2.45) is 0 Å². The van der Waals surface area contributed by atoms with Crippen LogP contribution in [0.25, 0.3) is 6.08 Å². The van der Waals surface area contributed by atoms with E-state index in [1.807, 2.05) is 0 Å². The number of carbonyl (C=O) groups is 2. The summed E-state index contributed by atoms with van der Waals surface area (Å²) in [6.45, 7) is 0. The van der Waals surface area contributed by atoms with Gasteiger partial charge in [0.15, 0.2) is 15.8 Å². The van der Waals surface area contributed by atoms with Crippen molar-refractivity contribution in [1.29, 1.82) is 0 Å². The van der Waals surface area contributed by atoms with Gasteiger partial charge in [0.05, 0.1) is 26.2 Å². The second-order valence-corrected chi connectivity index (χ2v) is 8.04. The van der Waals surface area contributed by atoms with Crippen molar-refractivity contribution in [3.05, 3.63) is 57.5 Å². The Morgan fingerprint density at radius 2 is 1.80 bits per heavy atom. The van der Waals surface area contributed by atoms with E-state index in [0.29, 0.717) is 38.3 Å². The monoisotopic (exact) mass is 464 g/mol. The highest BCUT2D eigenvalue weighted by Gasteiger charge is 2.34. The summed E-state index contributed by atoms with van der Waals surface area (Å²) in [5.74, 6) is 0.399. The van der Waals surface area contributed by atoms with Crippen LogP contribution in [0.15, 0.2) is 41.3 Å². The summed E-state index contributed by atoms with van der Waals surface area (Å²) in [6, 6.07) is 9.80. The summed E-state index contributed by atoms with van der Waals surface area (Å²) in [5, 5.41) is 1.45. The molecule has 2 aromatic rings. The molecule has 1 saturated heterocycles. The normalized spacial score (nSPS) is 14.8. The third-order valence-corrected chi connectivity index (χ3v) is 5.62. The predicted octanol–water partition coefficient (Wildman–Crippen LogP) is 3.91. The highest BCUT2D eigenvalue weighted by atomic mass is 35.5. The van der Waals surface area contributed by atoms with E-state index >= 15 is 0 Å². The number of ether oxygens (including phenoxy) is 3. The lowest BCUT2D eigenvalue weighted by Gasteiger charge is -2.15. The number of halogens is 1. The Labute approximate surface area is 187 Å². The number of rotatable bonds is 6. The molecule has 1 N–H and O–H groups in total. The van der Waals surface area contributed by atoms with Gasteiger partial charge in [0, 0.05) is 10.6 Å². The first-order valence-corrected chi connectivity index (χ1v) is 10.1. The predicted molar refractivity (Wildman–Crippen MR) is 120 cm³/mol. The first kappa shape index (κ1) is 21.9. The molecule has 2 amide bonds. The van der Waals surface area contributed by atoms with Crippen molar-refractivity contribution in [2.75, 3.05) is 21.3 Å². The van der Waals surface area contributed by atoms with Gasteiger partial charge in [0.2, 0.25) is 5.75 Å². The van der Waals surface area contributed by atoms with Crippen LogP contribution in [-0.4, -0.2) is 42.5 Å². The van der Waals surface area contributed by atoms with Gasteiger partial charge in [-0.25, -0.2) is 0 Å². The molecule has 0 unspecified atom stereocenters. The quantitative estimate of drug-likeness (QED) is 0.513. The molecule has 1 heterocycles. The maximum Gasteiger partial charge on any atom is 0.285 e. The molecule has 3 rings (SSSR count). The van der Waals surface area contributed by atoms with Crippen LogP contribution in [0.3, 0.4) is 0 Å². The van der Waals surface area contributed by atoms with Crippen LogP contribution < -0.4 is 19.6 Å². The van der Waals surface area contributed by atoms with Crippen molar-refractivity contribution in [2.45, 2.75) is 0 Å². The Balaban J connectivity index is 1.85. The zero-order chi connectivity index (χ0) is 21.8. The lowest BCUT2D eigenvalue weighted by Crippen LogP contribution is -2.44. The van der Waals surface area contributed by atoms with E-state index in [1.165, 1.54) is 27.4 Å². The number of amides is 2. The molecule has 0 aromatic heterocycles. The first-order chi connectivity index (χ1) is 14.4. The fraction of sp³-hybridized carbons (Fsp3) is 0.150. The minimum Gasteiger partial charge on any atom is -0.493 e. The van der Waals surface area contributed by atoms with E-state index in [9.17, 15) is 9.59 Å². The molecule has 156 valence electrons. The van der Waals surface area contributed by atoms with Crippen LogP contribution in [0.5, 0.6) is 17.2 Å². The Morgan fingerprint density at radius 1 is 1.13 bits per heavy atom. The summed E-state index contributed by atoms with van der Waals surface area (Å²) in [5.41, 5.74) is 3.47. The smallest absolute Gasteiger partial charge is 0.285 e. The molecule has 0 bridgehead atoms.